The zero-order valence-electron chi connectivity index (χ0n) is 8.41. The normalized spacial score (nSPS) is 28.9. The van der Waals surface area contributed by atoms with E-state index >= 15 is 0 Å². The first-order valence-electron chi connectivity index (χ1n) is 4.39. The molecule has 0 radical (unpaired) electrons. The highest BCUT2D eigenvalue weighted by Crippen LogP contribution is 2.28. The Bertz CT molecular complexity index is 253. The highest BCUT2D eigenvalue weighted by molar-refractivity contribution is 4.80. The van der Waals surface area contributed by atoms with Crippen LogP contribution >= 0.6 is 0 Å². The van der Waals surface area contributed by atoms with Gasteiger partial charge in [-0.1, -0.05) is 0 Å². The minimum atomic E-state index is -0.999. The molecule has 1 fully saturated rings. The van der Waals surface area contributed by atoms with E-state index in [2.05, 4.69) is 0 Å². The van der Waals surface area contributed by atoms with Crippen molar-refractivity contribution in [1.82, 2.24) is 0 Å². The van der Waals surface area contributed by atoms with Crippen LogP contribution in [0.5, 0.6) is 0 Å². The number of nitrogens with zero attached hydrogens (tertiary/aromatic N) is 2. The predicted molar refractivity (Wildman–Crippen MR) is 47.5 cm³/mol. The molecule has 8 nitrogen and oxygen atoms in total. The lowest BCUT2D eigenvalue weighted by molar-refractivity contribution is -0.506. The van der Waals surface area contributed by atoms with Crippen LogP contribution in [0.2, 0.25) is 0 Å². The summed E-state index contributed by atoms with van der Waals surface area (Å²) in [6.07, 6.45) is -1.72. The van der Waals surface area contributed by atoms with Crippen molar-refractivity contribution in [2.75, 3.05) is 13.1 Å². The van der Waals surface area contributed by atoms with Gasteiger partial charge in [0.1, 0.15) is 0 Å². The molecule has 0 aromatic rings. The van der Waals surface area contributed by atoms with Crippen LogP contribution < -0.4 is 0 Å². The largest absolute Gasteiger partial charge is 0.337 e. The Balaban J connectivity index is 2.65. The highest BCUT2D eigenvalue weighted by atomic mass is 16.8. The van der Waals surface area contributed by atoms with Crippen LogP contribution in [0.1, 0.15) is 13.8 Å². The molecular formula is C7H12N2O6. The van der Waals surface area contributed by atoms with Gasteiger partial charge in [-0.15, -0.1) is 0 Å². The molecule has 0 aromatic carbocycles. The maximum atomic E-state index is 10.3. The fraction of sp³-hybridized carbons (Fsp3) is 1.00. The first-order valence-corrected chi connectivity index (χ1v) is 4.39. The van der Waals surface area contributed by atoms with Crippen LogP contribution in [0.4, 0.5) is 0 Å². The van der Waals surface area contributed by atoms with Gasteiger partial charge in [-0.3, -0.25) is 20.2 Å². The summed E-state index contributed by atoms with van der Waals surface area (Å²) in [7, 11) is 0. The predicted octanol–water partition coefficient (Wildman–Crippen LogP) is 0.0599. The fourth-order valence-electron chi connectivity index (χ4n) is 1.51. The Hall–Kier alpha value is -1.28. The van der Waals surface area contributed by atoms with Crippen molar-refractivity contribution in [3.05, 3.63) is 20.2 Å². The lowest BCUT2D eigenvalue weighted by Crippen LogP contribution is -2.35. The van der Waals surface area contributed by atoms with Crippen molar-refractivity contribution in [2.45, 2.75) is 31.8 Å². The van der Waals surface area contributed by atoms with E-state index in [-0.39, 0.29) is 0 Å². The van der Waals surface area contributed by atoms with Gasteiger partial charge in [-0.2, -0.15) is 0 Å². The van der Waals surface area contributed by atoms with Gasteiger partial charge in [-0.25, -0.2) is 0 Å². The molecule has 1 aliphatic rings. The molecule has 0 bridgehead atoms. The molecule has 1 rings (SSSR count). The molecule has 0 unspecified atom stereocenters. The Morgan fingerprint density at radius 2 is 1.40 bits per heavy atom. The second-order valence-electron chi connectivity index (χ2n) is 3.74. The van der Waals surface area contributed by atoms with Gasteiger partial charge < -0.3 is 9.47 Å². The van der Waals surface area contributed by atoms with E-state index in [9.17, 15) is 20.2 Å². The molecule has 0 saturated carbocycles. The van der Waals surface area contributed by atoms with Gasteiger partial charge in [-0.05, 0) is 13.8 Å². The van der Waals surface area contributed by atoms with Crippen LogP contribution in [0.3, 0.4) is 0 Å². The molecule has 1 aliphatic heterocycles. The molecule has 15 heavy (non-hydrogen) atoms. The SMILES string of the molecule is CC1(C)O[C@@H](C[N+](=O)[O-])[C@@H](C[N+](=O)[O-])O1. The summed E-state index contributed by atoms with van der Waals surface area (Å²) in [5, 5.41) is 20.6. The topological polar surface area (TPSA) is 105 Å². The third-order valence-electron chi connectivity index (χ3n) is 1.94. The molecule has 1 heterocycles. The van der Waals surface area contributed by atoms with Crippen molar-refractivity contribution in [2.24, 2.45) is 0 Å². The van der Waals surface area contributed by atoms with Gasteiger partial charge in [0, 0.05) is 9.85 Å². The summed E-state index contributed by atoms with van der Waals surface area (Å²) >= 11 is 0. The maximum Gasteiger partial charge on any atom is 0.232 e. The van der Waals surface area contributed by atoms with E-state index in [1.807, 2.05) is 0 Å². The summed E-state index contributed by atoms with van der Waals surface area (Å²) in [5.41, 5.74) is 0. The van der Waals surface area contributed by atoms with Gasteiger partial charge >= 0.3 is 0 Å². The maximum absolute atomic E-state index is 10.3. The van der Waals surface area contributed by atoms with Crippen LogP contribution in [0.25, 0.3) is 0 Å². The van der Waals surface area contributed by atoms with Crippen LogP contribution in [-0.4, -0.2) is 40.9 Å². The van der Waals surface area contributed by atoms with E-state index in [0.717, 1.165) is 0 Å². The Morgan fingerprint density at radius 1 is 1.07 bits per heavy atom. The number of hydrogen-bond acceptors (Lipinski definition) is 6. The molecule has 0 aliphatic carbocycles. The van der Waals surface area contributed by atoms with Crippen LogP contribution in [0, 0.1) is 20.2 Å². The number of rotatable bonds is 4. The summed E-state index contributed by atoms with van der Waals surface area (Å²) in [6, 6.07) is 0. The van der Waals surface area contributed by atoms with Gasteiger partial charge in [0.2, 0.25) is 13.1 Å². The third kappa shape index (κ3) is 3.40. The number of ether oxygens (including phenoxy) is 2. The number of nitro groups is 2. The van der Waals surface area contributed by atoms with Crippen LogP contribution in [0.15, 0.2) is 0 Å². The van der Waals surface area contributed by atoms with Crippen LogP contribution in [-0.2, 0) is 9.47 Å². The molecule has 0 amide bonds. The molecule has 0 N–H and O–H groups in total. The van der Waals surface area contributed by atoms with Crippen molar-refractivity contribution in [3.63, 3.8) is 0 Å². The average molecular weight is 220 g/mol. The van der Waals surface area contributed by atoms with Crippen molar-refractivity contribution < 1.29 is 19.3 Å². The first-order chi connectivity index (χ1) is 6.80. The van der Waals surface area contributed by atoms with E-state index < -0.39 is 40.9 Å². The molecule has 86 valence electrons. The van der Waals surface area contributed by atoms with E-state index in [1.165, 1.54) is 0 Å². The average Bonchev–Trinajstić information content (AvgIpc) is 2.22. The van der Waals surface area contributed by atoms with Gasteiger partial charge in [0.05, 0.1) is 0 Å². The van der Waals surface area contributed by atoms with Crippen molar-refractivity contribution >= 4 is 0 Å². The molecular weight excluding hydrogens is 208 g/mol. The van der Waals surface area contributed by atoms with E-state index in [4.69, 9.17) is 9.47 Å². The van der Waals surface area contributed by atoms with Gasteiger partial charge in [0.25, 0.3) is 0 Å². The summed E-state index contributed by atoms with van der Waals surface area (Å²) in [5.74, 6) is -0.999. The van der Waals surface area contributed by atoms with Gasteiger partial charge in [0.15, 0.2) is 18.0 Å². The Morgan fingerprint density at radius 3 is 1.67 bits per heavy atom. The smallest absolute Gasteiger partial charge is 0.232 e. The minimum Gasteiger partial charge on any atom is -0.337 e. The zero-order chi connectivity index (χ0) is 11.6. The zero-order valence-corrected chi connectivity index (χ0v) is 8.41. The standard InChI is InChI=1S/C7H12N2O6/c1-7(2)14-5(3-8(10)11)6(15-7)4-9(12)13/h5-6H,3-4H2,1-2H3/t5-,6+. The monoisotopic (exact) mass is 220 g/mol. The van der Waals surface area contributed by atoms with Crippen molar-refractivity contribution in [3.8, 4) is 0 Å². The fourth-order valence-corrected chi connectivity index (χ4v) is 1.51. The summed E-state index contributed by atoms with van der Waals surface area (Å²) < 4.78 is 10.4. The minimum absolute atomic E-state index is 0.484. The Labute approximate surface area is 85.5 Å². The summed E-state index contributed by atoms with van der Waals surface area (Å²) in [6.45, 7) is 2.17. The lowest BCUT2D eigenvalue weighted by Gasteiger charge is -2.15. The molecule has 8 heteroatoms. The highest BCUT2D eigenvalue weighted by Gasteiger charge is 2.46. The van der Waals surface area contributed by atoms with E-state index in [0.29, 0.717) is 0 Å². The lowest BCUT2D eigenvalue weighted by atomic mass is 10.2. The third-order valence-corrected chi connectivity index (χ3v) is 1.94. The summed E-state index contributed by atoms with van der Waals surface area (Å²) in [4.78, 5) is 19.5. The quantitative estimate of drug-likeness (QED) is 0.490. The molecule has 2 atom stereocenters. The molecule has 1 saturated heterocycles. The second-order valence-corrected chi connectivity index (χ2v) is 3.74. The second kappa shape index (κ2) is 4.07. The molecule has 0 spiro atoms. The van der Waals surface area contributed by atoms with E-state index in [1.54, 1.807) is 13.8 Å². The van der Waals surface area contributed by atoms with Crippen molar-refractivity contribution in [1.29, 1.82) is 0 Å². The Kier molecular flexibility index (Phi) is 3.20. The number of hydrogen-bond donors (Lipinski definition) is 0. The first kappa shape index (κ1) is 11.8. The molecule has 0 aromatic heterocycles.